The smallest absolute Gasteiger partial charge is 0.306 e. The van der Waals surface area contributed by atoms with Gasteiger partial charge in [-0.05, 0) is 96.3 Å². The van der Waals surface area contributed by atoms with Gasteiger partial charge < -0.3 is 14.2 Å². The average Bonchev–Trinajstić information content (AvgIpc) is 3.29. The molecule has 0 fully saturated rings. The third-order valence-electron chi connectivity index (χ3n) is 11.4. The van der Waals surface area contributed by atoms with Crippen molar-refractivity contribution < 1.29 is 28.6 Å². The van der Waals surface area contributed by atoms with Gasteiger partial charge in [-0.2, -0.15) is 0 Å². The summed E-state index contributed by atoms with van der Waals surface area (Å²) in [6.45, 7) is 6.45. The van der Waals surface area contributed by atoms with Crippen LogP contribution in [0.25, 0.3) is 0 Å². The molecule has 0 aromatic rings. The third-order valence-corrected chi connectivity index (χ3v) is 11.4. The first-order chi connectivity index (χ1) is 31.5. The lowest BCUT2D eigenvalue weighted by atomic mass is 10.1. The van der Waals surface area contributed by atoms with Crippen LogP contribution in [-0.4, -0.2) is 37.2 Å². The van der Waals surface area contributed by atoms with Crippen LogP contribution in [0.2, 0.25) is 0 Å². The second-order valence-corrected chi connectivity index (χ2v) is 17.7. The Morgan fingerprint density at radius 1 is 0.328 bits per heavy atom. The van der Waals surface area contributed by atoms with Gasteiger partial charge in [0.25, 0.3) is 0 Å². The average molecular weight is 893 g/mol. The molecule has 0 amide bonds. The van der Waals surface area contributed by atoms with E-state index in [0.717, 1.165) is 77.0 Å². The molecule has 1 atom stereocenters. The lowest BCUT2D eigenvalue weighted by Gasteiger charge is -2.18. The summed E-state index contributed by atoms with van der Waals surface area (Å²) in [6.07, 6.45) is 66.2. The fourth-order valence-corrected chi connectivity index (χ4v) is 7.39. The van der Waals surface area contributed by atoms with Crippen LogP contribution in [0.3, 0.4) is 0 Å². The van der Waals surface area contributed by atoms with Crippen molar-refractivity contribution in [3.05, 3.63) is 72.9 Å². The number of hydrogen-bond donors (Lipinski definition) is 0. The highest BCUT2D eigenvalue weighted by molar-refractivity contribution is 5.71. The number of ether oxygens (including phenoxy) is 3. The van der Waals surface area contributed by atoms with Gasteiger partial charge in [0.2, 0.25) is 0 Å². The Morgan fingerprint density at radius 3 is 1.05 bits per heavy atom. The van der Waals surface area contributed by atoms with Crippen LogP contribution in [0.1, 0.15) is 258 Å². The number of hydrogen-bond acceptors (Lipinski definition) is 6. The van der Waals surface area contributed by atoms with Gasteiger partial charge in [0.1, 0.15) is 13.2 Å². The number of unbranched alkanes of at least 4 members (excludes halogenated alkanes) is 25. The number of carbonyl (C=O) groups is 3. The van der Waals surface area contributed by atoms with E-state index in [1.165, 1.54) is 135 Å². The Bertz CT molecular complexity index is 1210. The summed E-state index contributed by atoms with van der Waals surface area (Å²) in [5.41, 5.74) is 0. The van der Waals surface area contributed by atoms with Crippen molar-refractivity contribution in [2.24, 2.45) is 0 Å². The largest absolute Gasteiger partial charge is 0.462 e. The van der Waals surface area contributed by atoms with E-state index in [1.54, 1.807) is 0 Å². The lowest BCUT2D eigenvalue weighted by molar-refractivity contribution is -0.166. The first kappa shape index (κ1) is 60.9. The Morgan fingerprint density at radius 2 is 0.641 bits per heavy atom. The standard InChI is InChI=1S/C58H100O6/c1-4-7-10-13-16-19-22-25-27-28-29-31-33-36-39-42-45-48-51-57(60)63-54-55(53-62-56(59)50-47-44-41-38-35-32-24-21-18-15-12-9-6-3)64-58(61)52-49-46-43-40-37-34-30-26-23-20-17-14-11-8-5-2/h9,12,18,21,26-28,30,32,35,41,44,55H,4-8,10-11,13-17,19-20,22-25,29,31,33-34,36-40,42-43,45-54H2,1-3H3/b12-9-,21-18-,28-27-,30-26-,35-32-,44-41-. The van der Waals surface area contributed by atoms with Crippen LogP contribution in [-0.2, 0) is 28.6 Å². The summed E-state index contributed by atoms with van der Waals surface area (Å²) >= 11 is 0. The summed E-state index contributed by atoms with van der Waals surface area (Å²) in [5.74, 6) is -0.997. The quantitative estimate of drug-likeness (QED) is 0.0262. The van der Waals surface area contributed by atoms with Crippen LogP contribution in [0.5, 0.6) is 0 Å². The summed E-state index contributed by atoms with van der Waals surface area (Å²) in [6, 6.07) is 0. The van der Waals surface area contributed by atoms with E-state index in [-0.39, 0.29) is 37.5 Å². The van der Waals surface area contributed by atoms with E-state index in [2.05, 4.69) is 87.6 Å². The molecule has 1 unspecified atom stereocenters. The summed E-state index contributed by atoms with van der Waals surface area (Å²) in [4.78, 5) is 38.0. The fraction of sp³-hybridized carbons (Fsp3) is 0.741. The van der Waals surface area contributed by atoms with Crippen LogP contribution in [0.15, 0.2) is 72.9 Å². The van der Waals surface area contributed by atoms with E-state index in [1.807, 2.05) is 6.08 Å². The highest BCUT2D eigenvalue weighted by Gasteiger charge is 2.19. The second kappa shape index (κ2) is 52.5. The molecule has 0 aromatic carbocycles. The van der Waals surface area contributed by atoms with Crippen molar-refractivity contribution in [1.29, 1.82) is 0 Å². The minimum Gasteiger partial charge on any atom is -0.462 e. The molecule has 0 spiro atoms. The fourth-order valence-electron chi connectivity index (χ4n) is 7.39. The molecule has 0 saturated carbocycles. The highest BCUT2D eigenvalue weighted by Crippen LogP contribution is 2.14. The van der Waals surface area contributed by atoms with Gasteiger partial charge in [-0.25, -0.2) is 0 Å². The molecule has 0 aromatic heterocycles. The van der Waals surface area contributed by atoms with Crippen molar-refractivity contribution in [3.63, 3.8) is 0 Å². The minimum atomic E-state index is -0.809. The molecule has 0 rings (SSSR count). The molecule has 0 aliphatic carbocycles. The molecular formula is C58H100O6. The molecular weight excluding hydrogens is 793 g/mol. The second-order valence-electron chi connectivity index (χ2n) is 17.7. The topological polar surface area (TPSA) is 78.9 Å². The Balaban J connectivity index is 4.44. The number of allylic oxidation sites excluding steroid dienone is 12. The van der Waals surface area contributed by atoms with Gasteiger partial charge in [-0.1, -0.05) is 216 Å². The van der Waals surface area contributed by atoms with Crippen molar-refractivity contribution in [2.75, 3.05) is 13.2 Å². The van der Waals surface area contributed by atoms with Gasteiger partial charge in [-0.15, -0.1) is 0 Å². The summed E-state index contributed by atoms with van der Waals surface area (Å²) < 4.78 is 16.7. The van der Waals surface area contributed by atoms with Gasteiger partial charge in [0, 0.05) is 19.3 Å². The summed E-state index contributed by atoms with van der Waals surface area (Å²) in [7, 11) is 0. The molecule has 0 aliphatic rings. The molecule has 64 heavy (non-hydrogen) atoms. The predicted octanol–water partition coefficient (Wildman–Crippen LogP) is 17.8. The van der Waals surface area contributed by atoms with Gasteiger partial charge in [0.15, 0.2) is 6.10 Å². The molecule has 0 aliphatic heterocycles. The summed E-state index contributed by atoms with van der Waals surface area (Å²) in [5, 5.41) is 0. The van der Waals surface area contributed by atoms with E-state index >= 15 is 0 Å². The number of carbonyl (C=O) groups excluding carboxylic acids is 3. The zero-order valence-electron chi connectivity index (χ0n) is 42.0. The normalized spacial score (nSPS) is 12.6. The number of esters is 3. The SMILES string of the molecule is CC/C=C\C/C=C\C/C=C\C/C=C\CCC(=O)OCC(COC(=O)CCCCCCCCC/C=C\CCCCCCCCC)OC(=O)CCCCCCC/C=C\CCCCCCCC. The highest BCUT2D eigenvalue weighted by atomic mass is 16.6. The monoisotopic (exact) mass is 893 g/mol. The van der Waals surface area contributed by atoms with Crippen LogP contribution < -0.4 is 0 Å². The van der Waals surface area contributed by atoms with Gasteiger partial charge >= 0.3 is 17.9 Å². The maximum absolute atomic E-state index is 12.8. The van der Waals surface area contributed by atoms with Crippen molar-refractivity contribution in [1.82, 2.24) is 0 Å². The molecule has 368 valence electrons. The van der Waals surface area contributed by atoms with Crippen molar-refractivity contribution in [2.45, 2.75) is 264 Å². The molecule has 0 N–H and O–H groups in total. The molecule has 0 heterocycles. The van der Waals surface area contributed by atoms with Crippen LogP contribution >= 0.6 is 0 Å². The van der Waals surface area contributed by atoms with E-state index in [0.29, 0.717) is 19.3 Å². The zero-order chi connectivity index (χ0) is 46.5. The third kappa shape index (κ3) is 49.9. The Hall–Kier alpha value is -3.15. The Labute approximate surface area is 395 Å². The first-order valence-corrected chi connectivity index (χ1v) is 26.9. The first-order valence-electron chi connectivity index (χ1n) is 26.9. The van der Waals surface area contributed by atoms with E-state index < -0.39 is 6.10 Å². The molecule has 0 saturated heterocycles. The lowest BCUT2D eigenvalue weighted by Crippen LogP contribution is -2.30. The van der Waals surface area contributed by atoms with Gasteiger partial charge in [-0.3, -0.25) is 14.4 Å². The molecule has 6 nitrogen and oxygen atoms in total. The van der Waals surface area contributed by atoms with E-state index in [9.17, 15) is 14.4 Å². The molecule has 6 heteroatoms. The van der Waals surface area contributed by atoms with E-state index in [4.69, 9.17) is 14.2 Å². The molecule has 0 bridgehead atoms. The van der Waals surface area contributed by atoms with Crippen LogP contribution in [0, 0.1) is 0 Å². The molecule has 0 radical (unpaired) electrons. The van der Waals surface area contributed by atoms with Gasteiger partial charge in [0.05, 0.1) is 0 Å². The maximum Gasteiger partial charge on any atom is 0.306 e. The number of rotatable bonds is 48. The predicted molar refractivity (Wildman–Crippen MR) is 274 cm³/mol. The maximum atomic E-state index is 12.8. The Kier molecular flexibility index (Phi) is 49.9. The zero-order valence-corrected chi connectivity index (χ0v) is 42.0. The van der Waals surface area contributed by atoms with Crippen molar-refractivity contribution in [3.8, 4) is 0 Å². The minimum absolute atomic E-state index is 0.103. The van der Waals surface area contributed by atoms with Crippen molar-refractivity contribution >= 4 is 17.9 Å². The van der Waals surface area contributed by atoms with Crippen LogP contribution in [0.4, 0.5) is 0 Å².